The molecule has 5 heteroatoms. The molecular weight excluding hydrogens is 181 g/mol. The van der Waals surface area contributed by atoms with Crippen LogP contribution in [0.1, 0.15) is 32.1 Å². The number of nitrogens with two attached hydrogens (primary N) is 1. The molecule has 4 N–H and O–H groups in total. The molecule has 0 aromatic rings. The minimum absolute atomic E-state index is 0.223. The highest BCUT2D eigenvalue weighted by molar-refractivity contribution is 6.40. The number of rotatable bonds is 9. The van der Waals surface area contributed by atoms with E-state index in [-0.39, 0.29) is 6.04 Å². The lowest BCUT2D eigenvalue weighted by atomic mass is 9.83. The monoisotopic (exact) mass is 203 g/mol. The van der Waals surface area contributed by atoms with Crippen molar-refractivity contribution in [3.63, 3.8) is 0 Å². The zero-order valence-electron chi connectivity index (χ0n) is 8.98. The minimum atomic E-state index is -1.17. The third kappa shape index (κ3) is 9.99. The number of hydrogen-bond acceptors (Lipinski definition) is 4. The van der Waals surface area contributed by atoms with E-state index in [0.29, 0.717) is 6.32 Å². The molecule has 0 aromatic carbocycles. The van der Waals surface area contributed by atoms with Crippen LogP contribution >= 0.6 is 0 Å². The molecule has 0 saturated heterocycles. The Balaban J connectivity index is 3.14. The van der Waals surface area contributed by atoms with Crippen LogP contribution in [0.3, 0.4) is 0 Å². The Labute approximate surface area is 86.6 Å². The maximum absolute atomic E-state index is 8.60. The van der Waals surface area contributed by atoms with E-state index < -0.39 is 7.12 Å². The molecule has 14 heavy (non-hydrogen) atoms. The van der Waals surface area contributed by atoms with Crippen molar-refractivity contribution in [2.24, 2.45) is 5.73 Å². The third-order valence-corrected chi connectivity index (χ3v) is 2.21. The fraction of sp³-hybridized carbons (Fsp3) is 1.00. The van der Waals surface area contributed by atoms with Crippen molar-refractivity contribution in [2.75, 3.05) is 13.7 Å². The van der Waals surface area contributed by atoms with Gasteiger partial charge in [0.15, 0.2) is 0 Å². The Morgan fingerprint density at radius 2 is 1.86 bits per heavy atom. The molecule has 1 unspecified atom stereocenters. The molecule has 1 atom stereocenters. The number of hydrogen-bond donors (Lipinski definition) is 3. The van der Waals surface area contributed by atoms with E-state index in [2.05, 4.69) is 0 Å². The van der Waals surface area contributed by atoms with Crippen LogP contribution in [0.2, 0.25) is 6.32 Å². The van der Waals surface area contributed by atoms with Crippen molar-refractivity contribution in [1.29, 1.82) is 0 Å². The van der Waals surface area contributed by atoms with E-state index in [1.807, 2.05) is 0 Å². The van der Waals surface area contributed by atoms with Crippen LogP contribution < -0.4 is 5.73 Å². The summed E-state index contributed by atoms with van der Waals surface area (Å²) in [6.45, 7) is 0.767. The summed E-state index contributed by atoms with van der Waals surface area (Å²) in [4.78, 5) is 0. The summed E-state index contributed by atoms with van der Waals surface area (Å²) in [6.07, 6.45) is 5.18. The fourth-order valence-corrected chi connectivity index (χ4v) is 1.37. The summed E-state index contributed by atoms with van der Waals surface area (Å²) >= 11 is 0. The third-order valence-electron chi connectivity index (χ3n) is 2.21. The van der Waals surface area contributed by atoms with Gasteiger partial charge in [-0.2, -0.15) is 0 Å². The van der Waals surface area contributed by atoms with Gasteiger partial charge in [0, 0.05) is 19.8 Å². The first-order valence-electron chi connectivity index (χ1n) is 5.27. The number of methoxy groups -OCH3 is 1. The highest BCUT2D eigenvalue weighted by Crippen LogP contribution is 2.07. The van der Waals surface area contributed by atoms with Gasteiger partial charge < -0.3 is 20.5 Å². The zero-order chi connectivity index (χ0) is 10.8. The molecule has 4 nitrogen and oxygen atoms in total. The number of ether oxygens (including phenoxy) is 1. The SMILES string of the molecule is COCCCC(N)CCCCB(O)O. The van der Waals surface area contributed by atoms with Gasteiger partial charge in [0.25, 0.3) is 0 Å². The predicted octanol–water partition coefficient (Wildman–Crippen LogP) is 0.383. The molecular formula is C9H22BNO3. The average Bonchev–Trinajstić information content (AvgIpc) is 2.13. The fourth-order valence-electron chi connectivity index (χ4n) is 1.37. The molecule has 0 saturated carbocycles. The van der Waals surface area contributed by atoms with Gasteiger partial charge in [0.2, 0.25) is 0 Å². The highest BCUT2D eigenvalue weighted by Gasteiger charge is 2.06. The highest BCUT2D eigenvalue weighted by atomic mass is 16.5. The van der Waals surface area contributed by atoms with Crippen LogP contribution in [0.4, 0.5) is 0 Å². The quantitative estimate of drug-likeness (QED) is 0.374. The molecule has 0 spiro atoms. The molecule has 0 fully saturated rings. The zero-order valence-corrected chi connectivity index (χ0v) is 8.98. The standard InChI is InChI=1S/C9H22BNO3/c1-14-8-4-6-9(11)5-2-3-7-10(12)13/h9,12-13H,2-8,11H2,1H3. The van der Waals surface area contributed by atoms with Crippen LogP contribution in [0.25, 0.3) is 0 Å². The van der Waals surface area contributed by atoms with Crippen LogP contribution in [0.15, 0.2) is 0 Å². The first-order chi connectivity index (χ1) is 6.66. The molecule has 0 amide bonds. The summed E-state index contributed by atoms with van der Waals surface area (Å²) in [5.74, 6) is 0. The van der Waals surface area contributed by atoms with Gasteiger partial charge >= 0.3 is 7.12 Å². The van der Waals surface area contributed by atoms with Crippen molar-refractivity contribution in [2.45, 2.75) is 44.5 Å². The Bertz CT molecular complexity index is 125. The molecule has 0 radical (unpaired) electrons. The lowest BCUT2D eigenvalue weighted by Gasteiger charge is -2.10. The lowest BCUT2D eigenvalue weighted by molar-refractivity contribution is 0.190. The maximum atomic E-state index is 8.60. The van der Waals surface area contributed by atoms with Crippen molar-refractivity contribution < 1.29 is 14.8 Å². The van der Waals surface area contributed by atoms with Gasteiger partial charge in [-0.05, 0) is 25.6 Å². The second-order valence-electron chi connectivity index (χ2n) is 3.66. The molecule has 0 rings (SSSR count). The van der Waals surface area contributed by atoms with E-state index in [0.717, 1.165) is 38.7 Å². The van der Waals surface area contributed by atoms with Crippen LogP contribution in [0, 0.1) is 0 Å². The average molecular weight is 203 g/mol. The van der Waals surface area contributed by atoms with Crippen molar-refractivity contribution in [3.8, 4) is 0 Å². The van der Waals surface area contributed by atoms with E-state index in [9.17, 15) is 0 Å². The van der Waals surface area contributed by atoms with Crippen LogP contribution in [0.5, 0.6) is 0 Å². The minimum Gasteiger partial charge on any atom is -0.427 e. The molecule has 84 valence electrons. The topological polar surface area (TPSA) is 75.7 Å². The van der Waals surface area contributed by atoms with Gasteiger partial charge in [-0.25, -0.2) is 0 Å². The summed E-state index contributed by atoms with van der Waals surface area (Å²) in [5.41, 5.74) is 5.85. The van der Waals surface area contributed by atoms with Crippen molar-refractivity contribution in [1.82, 2.24) is 0 Å². The lowest BCUT2D eigenvalue weighted by Crippen LogP contribution is -2.20. The first kappa shape index (κ1) is 13.9. The predicted molar refractivity (Wildman–Crippen MR) is 57.9 cm³/mol. The molecule has 0 aromatic heterocycles. The van der Waals surface area contributed by atoms with Gasteiger partial charge in [0.05, 0.1) is 0 Å². The van der Waals surface area contributed by atoms with Crippen molar-refractivity contribution in [3.05, 3.63) is 0 Å². The molecule has 0 bridgehead atoms. The molecule has 0 aliphatic rings. The van der Waals surface area contributed by atoms with E-state index in [4.69, 9.17) is 20.5 Å². The smallest absolute Gasteiger partial charge is 0.427 e. The number of unbranched alkanes of at least 4 members (excludes halogenated alkanes) is 1. The maximum Gasteiger partial charge on any atom is 0.451 e. The second-order valence-corrected chi connectivity index (χ2v) is 3.66. The van der Waals surface area contributed by atoms with Gasteiger partial charge in [0.1, 0.15) is 0 Å². The molecule has 0 heterocycles. The molecule has 0 aliphatic carbocycles. The Morgan fingerprint density at radius 1 is 1.21 bits per heavy atom. The van der Waals surface area contributed by atoms with Crippen LogP contribution in [-0.2, 0) is 4.74 Å². The van der Waals surface area contributed by atoms with E-state index >= 15 is 0 Å². The Kier molecular flexibility index (Phi) is 9.40. The van der Waals surface area contributed by atoms with Gasteiger partial charge in [-0.15, -0.1) is 0 Å². The summed E-state index contributed by atoms with van der Waals surface area (Å²) in [6, 6.07) is 0.223. The van der Waals surface area contributed by atoms with Crippen LogP contribution in [-0.4, -0.2) is 36.9 Å². The van der Waals surface area contributed by atoms with E-state index in [1.165, 1.54) is 0 Å². The summed E-state index contributed by atoms with van der Waals surface area (Å²) < 4.78 is 4.93. The normalized spacial score (nSPS) is 12.9. The Hall–Kier alpha value is -0.0951. The van der Waals surface area contributed by atoms with Gasteiger partial charge in [-0.3, -0.25) is 0 Å². The van der Waals surface area contributed by atoms with Gasteiger partial charge in [-0.1, -0.05) is 12.8 Å². The van der Waals surface area contributed by atoms with Crippen molar-refractivity contribution >= 4 is 7.12 Å². The van der Waals surface area contributed by atoms with E-state index in [1.54, 1.807) is 7.11 Å². The molecule has 0 aliphatic heterocycles. The summed E-state index contributed by atoms with van der Waals surface area (Å²) in [7, 11) is 0.522. The summed E-state index contributed by atoms with van der Waals surface area (Å²) in [5, 5.41) is 17.2. The second kappa shape index (κ2) is 9.46. The largest absolute Gasteiger partial charge is 0.451 e. The first-order valence-corrected chi connectivity index (χ1v) is 5.27. The Morgan fingerprint density at radius 3 is 2.43 bits per heavy atom.